The number of amides is 2. The predicted octanol–water partition coefficient (Wildman–Crippen LogP) is 4.16. The molecule has 0 atom stereocenters. The number of unbranched alkanes of at least 4 members (excludes halogenated alkanes) is 2. The number of anilines is 1. The molecule has 7 heteroatoms. The van der Waals surface area contributed by atoms with Crippen LogP contribution in [0.2, 0.25) is 0 Å². The van der Waals surface area contributed by atoms with Gasteiger partial charge in [-0.2, -0.15) is 0 Å². The average molecular weight is 413 g/mol. The van der Waals surface area contributed by atoms with Gasteiger partial charge in [0.05, 0.1) is 0 Å². The van der Waals surface area contributed by atoms with Gasteiger partial charge >= 0.3 is 0 Å². The van der Waals surface area contributed by atoms with E-state index >= 15 is 0 Å². The molecule has 0 bridgehead atoms. The highest BCUT2D eigenvalue weighted by molar-refractivity contribution is 7.15. The van der Waals surface area contributed by atoms with Crippen molar-refractivity contribution < 1.29 is 9.59 Å². The molecule has 154 valence electrons. The number of benzene rings is 1. The molecule has 1 saturated heterocycles. The molecule has 0 spiro atoms. The topological polar surface area (TPSA) is 75.2 Å². The predicted molar refractivity (Wildman–Crippen MR) is 117 cm³/mol. The quantitative estimate of drug-likeness (QED) is 0.522. The largest absolute Gasteiger partial charge is 0.339 e. The lowest BCUT2D eigenvalue weighted by atomic mass is 9.96. The molecule has 0 aliphatic carbocycles. The van der Waals surface area contributed by atoms with E-state index in [1.54, 1.807) is 11.0 Å². The first-order valence-corrected chi connectivity index (χ1v) is 11.1. The first kappa shape index (κ1) is 21.2. The van der Waals surface area contributed by atoms with E-state index in [0.717, 1.165) is 23.4 Å². The molecule has 2 amide bonds. The Balaban J connectivity index is 1.43. The number of nitrogens with zero attached hydrogens (tertiary/aromatic N) is 3. The van der Waals surface area contributed by atoms with E-state index in [1.165, 1.54) is 24.2 Å². The summed E-state index contributed by atoms with van der Waals surface area (Å²) in [4.78, 5) is 26.7. The molecule has 1 N–H and O–H groups in total. The van der Waals surface area contributed by atoms with Crippen LogP contribution in [0.15, 0.2) is 36.4 Å². The fourth-order valence-electron chi connectivity index (χ4n) is 3.34. The summed E-state index contributed by atoms with van der Waals surface area (Å²) in [6.07, 6.45) is 9.14. The lowest BCUT2D eigenvalue weighted by molar-refractivity contribution is -0.130. The average Bonchev–Trinajstić information content (AvgIpc) is 3.20. The van der Waals surface area contributed by atoms with Crippen molar-refractivity contribution in [3.8, 4) is 0 Å². The minimum absolute atomic E-state index is 0.00597. The van der Waals surface area contributed by atoms with Gasteiger partial charge in [0.25, 0.3) is 0 Å². The van der Waals surface area contributed by atoms with Gasteiger partial charge in [-0.05, 0) is 30.9 Å². The maximum atomic E-state index is 12.5. The number of hydrogen-bond donors (Lipinski definition) is 1. The van der Waals surface area contributed by atoms with Gasteiger partial charge in [-0.15, -0.1) is 10.2 Å². The van der Waals surface area contributed by atoms with Crippen LogP contribution in [0.5, 0.6) is 0 Å². The summed E-state index contributed by atoms with van der Waals surface area (Å²) < 4.78 is 0. The van der Waals surface area contributed by atoms with Gasteiger partial charge in [0, 0.05) is 31.5 Å². The van der Waals surface area contributed by atoms with Gasteiger partial charge < -0.3 is 10.2 Å². The van der Waals surface area contributed by atoms with Crippen LogP contribution in [0.25, 0.3) is 6.08 Å². The summed E-state index contributed by atoms with van der Waals surface area (Å²) in [6.45, 7) is 3.35. The zero-order valence-corrected chi connectivity index (χ0v) is 17.7. The normalized spacial score (nSPS) is 15.0. The van der Waals surface area contributed by atoms with E-state index in [0.29, 0.717) is 31.1 Å². The molecule has 1 fully saturated rings. The Hall–Kier alpha value is -2.54. The molecule has 0 unspecified atom stereocenters. The minimum Gasteiger partial charge on any atom is -0.339 e. The van der Waals surface area contributed by atoms with Crippen LogP contribution in [0.3, 0.4) is 0 Å². The van der Waals surface area contributed by atoms with Crippen molar-refractivity contribution in [3.05, 3.63) is 47.0 Å². The van der Waals surface area contributed by atoms with Crippen LogP contribution in [0.4, 0.5) is 5.13 Å². The molecule has 6 nitrogen and oxygen atoms in total. The van der Waals surface area contributed by atoms with Gasteiger partial charge in [0.2, 0.25) is 16.9 Å². The highest BCUT2D eigenvalue weighted by atomic mass is 32.1. The van der Waals surface area contributed by atoms with E-state index in [2.05, 4.69) is 22.4 Å². The molecule has 2 heterocycles. The van der Waals surface area contributed by atoms with E-state index in [1.807, 2.05) is 36.4 Å². The monoisotopic (exact) mass is 412 g/mol. The number of carbonyl (C=O) groups is 2. The van der Waals surface area contributed by atoms with Crippen LogP contribution in [0.1, 0.15) is 49.6 Å². The van der Waals surface area contributed by atoms with Crippen LogP contribution < -0.4 is 5.32 Å². The molecule has 1 aromatic heterocycles. The standard InChI is InChI=1S/C22H28N4O2S/c1-2-3-5-10-19-24-25-22(29-19)23-21(28)18-13-15-26(16-14-18)20(27)12-11-17-8-6-4-7-9-17/h4,6-9,11-12,18H,2-3,5,10,13-16H2,1H3,(H,23,25,28)/b12-11+. The van der Waals surface area contributed by atoms with Crippen molar-refractivity contribution in [2.75, 3.05) is 18.4 Å². The second kappa shape index (κ2) is 10.9. The van der Waals surface area contributed by atoms with Crippen LogP contribution in [-0.2, 0) is 16.0 Å². The zero-order chi connectivity index (χ0) is 20.5. The summed E-state index contributed by atoms with van der Waals surface area (Å²) in [5, 5.41) is 12.7. The summed E-state index contributed by atoms with van der Waals surface area (Å²) in [5.41, 5.74) is 1.00. The van der Waals surface area contributed by atoms with Gasteiger partial charge in [0.15, 0.2) is 0 Å². The lowest BCUT2D eigenvalue weighted by Gasteiger charge is -2.30. The van der Waals surface area contributed by atoms with Crippen LogP contribution in [-0.4, -0.2) is 40.0 Å². The number of rotatable bonds is 8. The minimum atomic E-state index is -0.0930. The first-order valence-electron chi connectivity index (χ1n) is 10.3. The number of carbonyl (C=O) groups excluding carboxylic acids is 2. The van der Waals surface area contributed by atoms with Crippen molar-refractivity contribution in [3.63, 3.8) is 0 Å². The van der Waals surface area contributed by atoms with Crippen LogP contribution >= 0.6 is 11.3 Å². The number of hydrogen-bond acceptors (Lipinski definition) is 5. The molecular formula is C22H28N4O2S. The Morgan fingerprint density at radius 2 is 1.93 bits per heavy atom. The zero-order valence-electron chi connectivity index (χ0n) is 16.8. The van der Waals surface area contributed by atoms with E-state index in [4.69, 9.17) is 0 Å². The third kappa shape index (κ3) is 6.49. The second-order valence-electron chi connectivity index (χ2n) is 7.29. The summed E-state index contributed by atoms with van der Waals surface area (Å²) >= 11 is 1.46. The number of piperidine rings is 1. The molecule has 1 aliphatic rings. The van der Waals surface area contributed by atoms with Crippen molar-refractivity contribution >= 4 is 34.4 Å². The summed E-state index contributed by atoms with van der Waals surface area (Å²) in [5.74, 6) is -0.119. The van der Waals surface area contributed by atoms with E-state index in [9.17, 15) is 9.59 Å². The highest BCUT2D eigenvalue weighted by Crippen LogP contribution is 2.22. The molecule has 3 rings (SSSR count). The number of likely N-dealkylation sites (tertiary alicyclic amines) is 1. The maximum absolute atomic E-state index is 12.5. The van der Waals surface area contributed by atoms with Crippen molar-refractivity contribution in [2.24, 2.45) is 5.92 Å². The Morgan fingerprint density at radius 1 is 1.17 bits per heavy atom. The molecular weight excluding hydrogens is 384 g/mol. The van der Waals surface area contributed by atoms with Crippen LogP contribution in [0, 0.1) is 5.92 Å². The summed E-state index contributed by atoms with van der Waals surface area (Å²) in [6, 6.07) is 9.76. The van der Waals surface area contributed by atoms with Gasteiger partial charge in [-0.3, -0.25) is 9.59 Å². The first-order chi connectivity index (χ1) is 14.2. The lowest BCUT2D eigenvalue weighted by Crippen LogP contribution is -2.40. The van der Waals surface area contributed by atoms with Crippen molar-refractivity contribution in [2.45, 2.75) is 45.4 Å². The van der Waals surface area contributed by atoms with Gasteiger partial charge in [-0.1, -0.05) is 61.4 Å². The molecule has 0 saturated carbocycles. The van der Waals surface area contributed by atoms with Gasteiger partial charge in [0.1, 0.15) is 5.01 Å². The summed E-state index contributed by atoms with van der Waals surface area (Å²) in [7, 11) is 0. The Labute approximate surface area is 176 Å². The molecule has 29 heavy (non-hydrogen) atoms. The van der Waals surface area contributed by atoms with Crippen molar-refractivity contribution in [1.29, 1.82) is 0 Å². The van der Waals surface area contributed by atoms with E-state index < -0.39 is 0 Å². The molecule has 2 aromatic rings. The van der Waals surface area contributed by atoms with Crippen molar-refractivity contribution in [1.82, 2.24) is 15.1 Å². The second-order valence-corrected chi connectivity index (χ2v) is 8.35. The Morgan fingerprint density at radius 3 is 2.66 bits per heavy atom. The van der Waals surface area contributed by atoms with E-state index in [-0.39, 0.29) is 17.7 Å². The third-order valence-corrected chi connectivity index (χ3v) is 5.98. The smallest absolute Gasteiger partial charge is 0.246 e. The SMILES string of the molecule is CCCCCc1nnc(NC(=O)C2CCN(C(=O)/C=C/c3ccccc3)CC2)s1. The third-order valence-electron chi connectivity index (χ3n) is 5.09. The highest BCUT2D eigenvalue weighted by Gasteiger charge is 2.27. The Bertz CT molecular complexity index is 826. The molecule has 1 aromatic carbocycles. The number of aryl methyl sites for hydroxylation is 1. The molecule has 1 aliphatic heterocycles. The fourth-order valence-corrected chi connectivity index (χ4v) is 4.12. The Kier molecular flexibility index (Phi) is 7.93. The number of nitrogens with one attached hydrogen (secondary N) is 1. The fraction of sp³-hybridized carbons (Fsp3) is 0.455. The van der Waals surface area contributed by atoms with Gasteiger partial charge in [-0.25, -0.2) is 0 Å². The number of aromatic nitrogens is 2. The molecule has 0 radical (unpaired) electrons. The maximum Gasteiger partial charge on any atom is 0.246 e.